The van der Waals surface area contributed by atoms with Crippen molar-refractivity contribution in [2.45, 2.75) is 13.3 Å². The van der Waals surface area contributed by atoms with E-state index in [1.165, 1.54) is 11.1 Å². The number of nitrogens with zero attached hydrogens (tertiary/aromatic N) is 1. The minimum atomic E-state index is 0.768. The number of rotatable bonds is 4. The molecule has 0 aliphatic rings. The van der Waals surface area contributed by atoms with Gasteiger partial charge in [0, 0.05) is 17.6 Å². The van der Waals surface area contributed by atoms with Crippen LogP contribution in [0.5, 0.6) is 0 Å². The van der Waals surface area contributed by atoms with Crippen molar-refractivity contribution < 1.29 is 0 Å². The first-order valence-electron chi connectivity index (χ1n) is 7.17. The standard InChI is InChI=1S/C18H19N3/c1-13-4-2-3-5-14(13)10-11-20-18-9-6-15-12-16(19)7-8-17(15)21-18/h2-9,12H,10-11,19H2,1H3,(H,20,21). The summed E-state index contributed by atoms with van der Waals surface area (Å²) in [5.74, 6) is 0.904. The van der Waals surface area contributed by atoms with E-state index in [1.54, 1.807) is 0 Å². The van der Waals surface area contributed by atoms with Crippen LogP contribution in [0.15, 0.2) is 54.6 Å². The highest BCUT2D eigenvalue weighted by atomic mass is 15.0. The third kappa shape index (κ3) is 3.14. The van der Waals surface area contributed by atoms with Gasteiger partial charge in [-0.25, -0.2) is 4.98 Å². The van der Waals surface area contributed by atoms with Crippen LogP contribution in [0, 0.1) is 6.92 Å². The van der Waals surface area contributed by atoms with E-state index in [2.05, 4.69) is 47.6 Å². The second-order valence-corrected chi connectivity index (χ2v) is 5.25. The molecule has 2 aromatic carbocycles. The van der Waals surface area contributed by atoms with Crippen LogP contribution >= 0.6 is 0 Å². The van der Waals surface area contributed by atoms with Crippen molar-refractivity contribution in [1.82, 2.24) is 4.98 Å². The smallest absolute Gasteiger partial charge is 0.126 e. The van der Waals surface area contributed by atoms with Gasteiger partial charge in [0.05, 0.1) is 5.52 Å². The van der Waals surface area contributed by atoms with E-state index in [0.717, 1.165) is 35.4 Å². The Kier molecular flexibility index (Phi) is 3.73. The molecule has 0 radical (unpaired) electrons. The van der Waals surface area contributed by atoms with Crippen LogP contribution in [-0.4, -0.2) is 11.5 Å². The number of benzene rings is 2. The zero-order chi connectivity index (χ0) is 14.7. The van der Waals surface area contributed by atoms with Gasteiger partial charge in [-0.1, -0.05) is 24.3 Å². The number of nitrogen functional groups attached to an aromatic ring is 1. The number of aromatic nitrogens is 1. The van der Waals surface area contributed by atoms with E-state index >= 15 is 0 Å². The first kappa shape index (κ1) is 13.4. The summed E-state index contributed by atoms with van der Waals surface area (Å²) in [6.45, 7) is 3.02. The summed E-state index contributed by atoms with van der Waals surface area (Å²) in [6.07, 6.45) is 0.994. The lowest BCUT2D eigenvalue weighted by atomic mass is 10.1. The fourth-order valence-corrected chi connectivity index (χ4v) is 2.46. The maximum absolute atomic E-state index is 5.78. The van der Waals surface area contributed by atoms with Crippen LogP contribution in [0.2, 0.25) is 0 Å². The van der Waals surface area contributed by atoms with Crippen molar-refractivity contribution >= 4 is 22.4 Å². The van der Waals surface area contributed by atoms with Crippen molar-refractivity contribution in [2.75, 3.05) is 17.6 Å². The summed E-state index contributed by atoms with van der Waals surface area (Å²) in [5, 5.41) is 4.45. The topological polar surface area (TPSA) is 50.9 Å². The molecule has 0 saturated carbocycles. The molecule has 3 rings (SSSR count). The Labute approximate surface area is 124 Å². The molecule has 0 aliphatic carbocycles. The van der Waals surface area contributed by atoms with Crippen LogP contribution in [0.1, 0.15) is 11.1 Å². The second kappa shape index (κ2) is 5.83. The number of nitrogens with one attached hydrogen (secondary N) is 1. The van der Waals surface area contributed by atoms with Crippen molar-refractivity contribution in [3.05, 3.63) is 65.7 Å². The highest BCUT2D eigenvalue weighted by Gasteiger charge is 2.00. The average Bonchev–Trinajstić information content (AvgIpc) is 2.49. The van der Waals surface area contributed by atoms with Gasteiger partial charge in [0.15, 0.2) is 0 Å². The van der Waals surface area contributed by atoms with Crippen molar-refractivity contribution in [1.29, 1.82) is 0 Å². The summed E-state index contributed by atoms with van der Waals surface area (Å²) in [6, 6.07) is 18.3. The highest BCUT2D eigenvalue weighted by molar-refractivity contribution is 5.83. The maximum Gasteiger partial charge on any atom is 0.126 e. The van der Waals surface area contributed by atoms with Crippen molar-refractivity contribution in [3.63, 3.8) is 0 Å². The number of anilines is 2. The zero-order valence-corrected chi connectivity index (χ0v) is 12.1. The van der Waals surface area contributed by atoms with E-state index in [-0.39, 0.29) is 0 Å². The number of hydrogen-bond acceptors (Lipinski definition) is 3. The molecule has 106 valence electrons. The Hall–Kier alpha value is -2.55. The molecule has 3 heteroatoms. The van der Waals surface area contributed by atoms with Crippen LogP contribution in [-0.2, 0) is 6.42 Å². The van der Waals surface area contributed by atoms with Gasteiger partial charge in [0.2, 0.25) is 0 Å². The Morgan fingerprint density at radius 2 is 1.90 bits per heavy atom. The van der Waals surface area contributed by atoms with Crippen LogP contribution in [0.25, 0.3) is 10.9 Å². The predicted molar refractivity (Wildman–Crippen MR) is 89.5 cm³/mol. The predicted octanol–water partition coefficient (Wildman–Crippen LogP) is 3.78. The third-order valence-electron chi connectivity index (χ3n) is 3.67. The largest absolute Gasteiger partial charge is 0.399 e. The summed E-state index contributed by atoms with van der Waals surface area (Å²) in [7, 11) is 0. The summed E-state index contributed by atoms with van der Waals surface area (Å²) in [5.41, 5.74) is 10.2. The lowest BCUT2D eigenvalue weighted by Crippen LogP contribution is -2.07. The minimum absolute atomic E-state index is 0.768. The molecule has 0 aliphatic heterocycles. The minimum Gasteiger partial charge on any atom is -0.399 e. The van der Waals surface area contributed by atoms with Gasteiger partial charge in [-0.2, -0.15) is 0 Å². The normalized spacial score (nSPS) is 10.7. The summed E-state index contributed by atoms with van der Waals surface area (Å²) in [4.78, 5) is 4.60. The number of nitrogens with two attached hydrogens (primary N) is 1. The lowest BCUT2D eigenvalue weighted by Gasteiger charge is -2.08. The van der Waals surface area contributed by atoms with E-state index in [0.29, 0.717) is 0 Å². The summed E-state index contributed by atoms with van der Waals surface area (Å²) >= 11 is 0. The van der Waals surface area contributed by atoms with Crippen molar-refractivity contribution in [2.24, 2.45) is 0 Å². The van der Waals surface area contributed by atoms with Gasteiger partial charge >= 0.3 is 0 Å². The molecule has 21 heavy (non-hydrogen) atoms. The van der Waals surface area contributed by atoms with Crippen molar-refractivity contribution in [3.8, 4) is 0 Å². The fraction of sp³-hybridized carbons (Fsp3) is 0.167. The molecule has 3 nitrogen and oxygen atoms in total. The number of pyridine rings is 1. The monoisotopic (exact) mass is 277 g/mol. The van der Waals surface area contributed by atoms with Gasteiger partial charge in [0.25, 0.3) is 0 Å². The molecule has 0 spiro atoms. The molecule has 3 aromatic rings. The van der Waals surface area contributed by atoms with E-state index < -0.39 is 0 Å². The molecule has 0 fully saturated rings. The average molecular weight is 277 g/mol. The molecule has 0 saturated heterocycles. The zero-order valence-electron chi connectivity index (χ0n) is 12.1. The lowest BCUT2D eigenvalue weighted by molar-refractivity contribution is 0.996. The van der Waals surface area contributed by atoms with E-state index in [1.807, 2.05) is 24.3 Å². The quantitative estimate of drug-likeness (QED) is 0.713. The fourth-order valence-electron chi connectivity index (χ4n) is 2.46. The Morgan fingerprint density at radius 1 is 1.05 bits per heavy atom. The molecular weight excluding hydrogens is 258 g/mol. The van der Waals surface area contributed by atoms with Crippen LogP contribution in [0.4, 0.5) is 11.5 Å². The Bertz CT molecular complexity index is 765. The van der Waals surface area contributed by atoms with Gasteiger partial charge in [-0.05, 0) is 54.8 Å². The first-order chi connectivity index (χ1) is 10.2. The molecule has 1 heterocycles. The van der Waals surface area contributed by atoms with Crippen LogP contribution < -0.4 is 11.1 Å². The van der Waals surface area contributed by atoms with Gasteiger partial charge in [0.1, 0.15) is 5.82 Å². The molecule has 3 N–H and O–H groups in total. The number of fused-ring (bicyclic) bond motifs is 1. The second-order valence-electron chi connectivity index (χ2n) is 5.25. The van der Waals surface area contributed by atoms with Gasteiger partial charge in [-0.15, -0.1) is 0 Å². The maximum atomic E-state index is 5.78. The Morgan fingerprint density at radius 3 is 2.76 bits per heavy atom. The molecule has 0 bridgehead atoms. The molecule has 1 aromatic heterocycles. The SMILES string of the molecule is Cc1ccccc1CCNc1ccc2cc(N)ccc2n1. The molecule has 0 amide bonds. The molecule has 0 atom stereocenters. The van der Waals surface area contributed by atoms with Gasteiger partial charge in [-0.3, -0.25) is 0 Å². The van der Waals surface area contributed by atoms with Gasteiger partial charge < -0.3 is 11.1 Å². The number of hydrogen-bond donors (Lipinski definition) is 2. The molecule has 0 unspecified atom stereocenters. The van der Waals surface area contributed by atoms with E-state index in [9.17, 15) is 0 Å². The highest BCUT2D eigenvalue weighted by Crippen LogP contribution is 2.18. The van der Waals surface area contributed by atoms with Crippen LogP contribution in [0.3, 0.4) is 0 Å². The number of aryl methyl sites for hydroxylation is 1. The molecular formula is C18H19N3. The Balaban J connectivity index is 1.68. The third-order valence-corrected chi connectivity index (χ3v) is 3.67. The first-order valence-corrected chi connectivity index (χ1v) is 7.17. The van der Waals surface area contributed by atoms with E-state index in [4.69, 9.17) is 5.73 Å². The summed E-state index contributed by atoms with van der Waals surface area (Å²) < 4.78 is 0.